The van der Waals surface area contributed by atoms with Gasteiger partial charge in [0.25, 0.3) is 0 Å². The number of hydrogen-bond acceptors (Lipinski definition) is 6. The standard InChI is InChI=1S/C12H13N3S4/c1-17-12-14-10(19-18-2)13-11(16)15(12)8-9-6-4-3-5-7-9/h3-7H,8H2,1-2H3. The summed E-state index contributed by atoms with van der Waals surface area (Å²) in [6, 6.07) is 10.2. The molecule has 0 N–H and O–H groups in total. The van der Waals surface area contributed by atoms with Crippen LogP contribution >= 0.6 is 45.6 Å². The largest absolute Gasteiger partial charge is 0.292 e. The molecule has 7 heteroatoms. The average Bonchev–Trinajstić information content (AvgIpc) is 2.43. The van der Waals surface area contributed by atoms with Gasteiger partial charge in [0.2, 0.25) is 9.93 Å². The molecule has 0 aliphatic carbocycles. The van der Waals surface area contributed by atoms with E-state index in [1.54, 1.807) is 22.6 Å². The van der Waals surface area contributed by atoms with E-state index < -0.39 is 0 Å². The average molecular weight is 328 g/mol. The first kappa shape index (κ1) is 14.9. The van der Waals surface area contributed by atoms with E-state index in [0.29, 0.717) is 11.3 Å². The lowest BCUT2D eigenvalue weighted by molar-refractivity contribution is 0.602. The summed E-state index contributed by atoms with van der Waals surface area (Å²) >= 11 is 6.97. The van der Waals surface area contributed by atoms with Gasteiger partial charge in [-0.2, -0.15) is 9.97 Å². The first-order valence-corrected chi connectivity index (χ1v) is 9.71. The quantitative estimate of drug-likeness (QED) is 0.466. The molecule has 2 aromatic rings. The molecule has 0 unspecified atom stereocenters. The predicted molar refractivity (Wildman–Crippen MR) is 87.6 cm³/mol. The maximum atomic E-state index is 5.38. The highest BCUT2D eigenvalue weighted by Gasteiger charge is 2.08. The maximum Gasteiger partial charge on any atom is 0.204 e. The summed E-state index contributed by atoms with van der Waals surface area (Å²) in [5.74, 6) is 0. The van der Waals surface area contributed by atoms with E-state index in [-0.39, 0.29) is 0 Å². The second-order valence-corrected chi connectivity index (χ2v) is 7.10. The van der Waals surface area contributed by atoms with Crippen LogP contribution in [0.5, 0.6) is 0 Å². The summed E-state index contributed by atoms with van der Waals surface area (Å²) in [4.78, 5) is 8.89. The lowest BCUT2D eigenvalue weighted by Gasteiger charge is -2.11. The van der Waals surface area contributed by atoms with Gasteiger partial charge >= 0.3 is 0 Å². The van der Waals surface area contributed by atoms with Crippen molar-refractivity contribution in [3.05, 3.63) is 40.7 Å². The van der Waals surface area contributed by atoms with Crippen LogP contribution in [0.1, 0.15) is 5.56 Å². The molecule has 0 amide bonds. The van der Waals surface area contributed by atoms with Crippen molar-refractivity contribution in [2.45, 2.75) is 16.9 Å². The van der Waals surface area contributed by atoms with Gasteiger partial charge in [0.1, 0.15) is 0 Å². The minimum atomic E-state index is 0.583. The van der Waals surface area contributed by atoms with Crippen molar-refractivity contribution < 1.29 is 0 Å². The van der Waals surface area contributed by atoms with Crippen LogP contribution in [0.25, 0.3) is 0 Å². The Hall–Kier alpha value is -0.500. The Morgan fingerprint density at radius 3 is 2.53 bits per heavy atom. The van der Waals surface area contributed by atoms with E-state index in [4.69, 9.17) is 12.2 Å². The van der Waals surface area contributed by atoms with Crippen LogP contribution < -0.4 is 0 Å². The molecule has 0 fully saturated rings. The van der Waals surface area contributed by atoms with Crippen LogP contribution in [0, 0.1) is 4.77 Å². The van der Waals surface area contributed by atoms with Gasteiger partial charge in [-0.1, -0.05) is 52.9 Å². The minimum absolute atomic E-state index is 0.583. The van der Waals surface area contributed by atoms with E-state index in [1.807, 2.05) is 35.3 Å². The number of nitrogens with zero attached hydrogens (tertiary/aromatic N) is 3. The molecule has 0 aliphatic heterocycles. The molecular weight excluding hydrogens is 314 g/mol. The van der Waals surface area contributed by atoms with Crippen LogP contribution in [-0.2, 0) is 6.54 Å². The number of thioether (sulfide) groups is 1. The van der Waals surface area contributed by atoms with Gasteiger partial charge < -0.3 is 0 Å². The Morgan fingerprint density at radius 2 is 1.89 bits per heavy atom. The van der Waals surface area contributed by atoms with Crippen LogP contribution in [0.15, 0.2) is 40.6 Å². The maximum absolute atomic E-state index is 5.38. The molecule has 0 atom stereocenters. The van der Waals surface area contributed by atoms with Gasteiger partial charge in [-0.3, -0.25) is 4.57 Å². The van der Waals surface area contributed by atoms with Crippen LogP contribution in [0.2, 0.25) is 0 Å². The second-order valence-electron chi connectivity index (χ2n) is 3.60. The van der Waals surface area contributed by atoms with Crippen molar-refractivity contribution >= 4 is 45.6 Å². The Kier molecular flexibility index (Phi) is 5.75. The minimum Gasteiger partial charge on any atom is -0.292 e. The van der Waals surface area contributed by atoms with Gasteiger partial charge in [-0.25, -0.2) is 0 Å². The molecule has 0 saturated heterocycles. The van der Waals surface area contributed by atoms with Crippen molar-refractivity contribution in [3.8, 4) is 0 Å². The van der Waals surface area contributed by atoms with Crippen molar-refractivity contribution in [2.75, 3.05) is 12.5 Å². The number of aromatic nitrogens is 3. The van der Waals surface area contributed by atoms with Crippen LogP contribution in [-0.4, -0.2) is 27.0 Å². The molecule has 0 saturated carbocycles. The number of rotatable bonds is 5. The summed E-state index contributed by atoms with van der Waals surface area (Å²) in [6.07, 6.45) is 4.01. The monoisotopic (exact) mass is 327 g/mol. The molecule has 19 heavy (non-hydrogen) atoms. The Morgan fingerprint density at radius 1 is 1.16 bits per heavy atom. The zero-order chi connectivity index (χ0) is 13.7. The van der Waals surface area contributed by atoms with Gasteiger partial charge in [0.15, 0.2) is 5.16 Å². The Bertz CT molecular complexity index is 598. The first-order valence-electron chi connectivity index (χ1n) is 5.52. The molecular formula is C12H13N3S4. The third-order valence-corrected chi connectivity index (χ3v) is 4.80. The fourth-order valence-corrected chi connectivity index (χ4v) is 3.59. The third-order valence-electron chi connectivity index (χ3n) is 2.37. The zero-order valence-electron chi connectivity index (χ0n) is 10.6. The van der Waals surface area contributed by atoms with Gasteiger partial charge in [0, 0.05) is 0 Å². The third kappa shape index (κ3) is 3.98. The molecule has 1 aromatic heterocycles. The van der Waals surface area contributed by atoms with Crippen molar-refractivity contribution in [3.63, 3.8) is 0 Å². The molecule has 2 rings (SSSR count). The Balaban J connectivity index is 2.37. The second kappa shape index (κ2) is 7.33. The highest BCUT2D eigenvalue weighted by molar-refractivity contribution is 8.76. The highest BCUT2D eigenvalue weighted by Crippen LogP contribution is 2.26. The predicted octanol–water partition coefficient (Wildman–Crippen LogP) is 4.15. The summed E-state index contributed by atoms with van der Waals surface area (Å²) in [6.45, 7) is 0.708. The van der Waals surface area contributed by atoms with Crippen LogP contribution in [0.3, 0.4) is 0 Å². The van der Waals surface area contributed by atoms with Crippen molar-refractivity contribution in [1.29, 1.82) is 0 Å². The molecule has 0 radical (unpaired) electrons. The highest BCUT2D eigenvalue weighted by atomic mass is 33.1. The van der Waals surface area contributed by atoms with Crippen molar-refractivity contribution in [1.82, 2.24) is 14.5 Å². The molecule has 3 nitrogen and oxygen atoms in total. The Labute approximate surface area is 130 Å². The van der Waals surface area contributed by atoms with E-state index in [2.05, 4.69) is 22.1 Å². The molecule has 1 heterocycles. The summed E-state index contributed by atoms with van der Waals surface area (Å²) in [5.41, 5.74) is 1.20. The summed E-state index contributed by atoms with van der Waals surface area (Å²) in [5, 5.41) is 1.63. The molecule has 0 spiro atoms. The van der Waals surface area contributed by atoms with E-state index in [9.17, 15) is 0 Å². The molecule has 0 aliphatic rings. The van der Waals surface area contributed by atoms with Gasteiger partial charge in [0.05, 0.1) is 6.54 Å². The lowest BCUT2D eigenvalue weighted by atomic mass is 10.2. The topological polar surface area (TPSA) is 30.7 Å². The van der Waals surface area contributed by atoms with Gasteiger partial charge in [-0.05, 0) is 41.1 Å². The van der Waals surface area contributed by atoms with E-state index in [0.717, 1.165) is 10.3 Å². The van der Waals surface area contributed by atoms with E-state index >= 15 is 0 Å². The van der Waals surface area contributed by atoms with Crippen LogP contribution in [0.4, 0.5) is 0 Å². The normalized spacial score (nSPS) is 10.6. The first-order chi connectivity index (χ1) is 9.24. The summed E-state index contributed by atoms with van der Waals surface area (Å²) in [7, 11) is 3.15. The number of hydrogen-bond donors (Lipinski definition) is 0. The van der Waals surface area contributed by atoms with Gasteiger partial charge in [-0.15, -0.1) is 0 Å². The number of benzene rings is 1. The molecule has 0 bridgehead atoms. The lowest BCUT2D eigenvalue weighted by Crippen LogP contribution is -2.09. The summed E-state index contributed by atoms with van der Waals surface area (Å²) < 4.78 is 2.56. The zero-order valence-corrected chi connectivity index (χ0v) is 13.8. The van der Waals surface area contributed by atoms with E-state index in [1.165, 1.54) is 16.4 Å². The fraction of sp³-hybridized carbons (Fsp3) is 0.250. The molecule has 100 valence electrons. The fourth-order valence-electron chi connectivity index (χ4n) is 1.56. The molecule has 1 aromatic carbocycles. The van der Waals surface area contributed by atoms with Crippen molar-refractivity contribution in [2.24, 2.45) is 0 Å². The smallest absolute Gasteiger partial charge is 0.204 e. The SMILES string of the molecule is CSSc1nc(SC)n(Cc2ccccc2)c(=S)n1.